The molecule has 1 saturated heterocycles. The van der Waals surface area contributed by atoms with Gasteiger partial charge in [-0.25, -0.2) is 4.98 Å². The van der Waals surface area contributed by atoms with Crippen LogP contribution in [0.3, 0.4) is 0 Å². The lowest BCUT2D eigenvalue weighted by atomic mass is 10.2. The summed E-state index contributed by atoms with van der Waals surface area (Å²) in [5, 5.41) is 5.25. The average molecular weight is 253 g/mol. The summed E-state index contributed by atoms with van der Waals surface area (Å²) >= 11 is 1.47. The molecule has 0 spiro atoms. The molecular weight excluding hydrogens is 234 g/mol. The molecule has 1 amide bonds. The third kappa shape index (κ3) is 3.04. The molecule has 1 N–H and O–H groups in total. The number of amides is 1. The Morgan fingerprint density at radius 2 is 2.53 bits per heavy atom. The molecule has 0 aromatic carbocycles. The van der Waals surface area contributed by atoms with Crippen molar-refractivity contribution in [3.05, 3.63) is 16.6 Å². The van der Waals surface area contributed by atoms with E-state index in [9.17, 15) is 4.79 Å². The molecule has 4 nitrogen and oxygen atoms in total. The number of hydrogen-bond acceptors (Lipinski definition) is 4. The monoisotopic (exact) mass is 253 g/mol. The quantitative estimate of drug-likeness (QED) is 0.889. The summed E-state index contributed by atoms with van der Waals surface area (Å²) in [5.74, 6) is 0.0509. The highest BCUT2D eigenvalue weighted by atomic mass is 32.1. The van der Waals surface area contributed by atoms with Gasteiger partial charge in [0.2, 0.25) is 0 Å². The Bertz CT molecular complexity index is 358. The first-order chi connectivity index (χ1) is 8.18. The SMILES string of the molecule is CC(C)N(CC1CCCN1)C(=O)c1cscn1. The van der Waals surface area contributed by atoms with Crippen molar-refractivity contribution >= 4 is 17.2 Å². The molecule has 17 heavy (non-hydrogen) atoms. The fourth-order valence-electron chi connectivity index (χ4n) is 2.14. The molecule has 0 bridgehead atoms. The number of nitrogens with one attached hydrogen (secondary N) is 1. The van der Waals surface area contributed by atoms with Gasteiger partial charge >= 0.3 is 0 Å². The van der Waals surface area contributed by atoms with E-state index in [1.807, 2.05) is 10.3 Å². The highest BCUT2D eigenvalue weighted by molar-refractivity contribution is 7.07. The van der Waals surface area contributed by atoms with Crippen molar-refractivity contribution in [2.75, 3.05) is 13.1 Å². The number of thiazole rings is 1. The van der Waals surface area contributed by atoms with Gasteiger partial charge in [-0.15, -0.1) is 11.3 Å². The lowest BCUT2D eigenvalue weighted by Gasteiger charge is -2.28. The van der Waals surface area contributed by atoms with Crippen molar-refractivity contribution in [3.63, 3.8) is 0 Å². The van der Waals surface area contributed by atoms with Gasteiger partial charge in [-0.2, -0.15) is 0 Å². The van der Waals surface area contributed by atoms with Crippen LogP contribution in [0.25, 0.3) is 0 Å². The second-order valence-corrected chi connectivity index (χ2v) is 5.44. The van der Waals surface area contributed by atoms with Crippen LogP contribution in [0.1, 0.15) is 37.2 Å². The Morgan fingerprint density at radius 3 is 3.06 bits per heavy atom. The number of nitrogens with zero attached hydrogens (tertiary/aromatic N) is 2. The molecule has 2 heterocycles. The largest absolute Gasteiger partial charge is 0.333 e. The number of rotatable bonds is 4. The molecule has 0 aliphatic carbocycles. The van der Waals surface area contributed by atoms with Crippen LogP contribution in [0.4, 0.5) is 0 Å². The molecule has 2 rings (SSSR count). The van der Waals surface area contributed by atoms with E-state index in [0.717, 1.165) is 19.5 Å². The summed E-state index contributed by atoms with van der Waals surface area (Å²) < 4.78 is 0. The molecule has 1 unspecified atom stereocenters. The van der Waals surface area contributed by atoms with Crippen molar-refractivity contribution < 1.29 is 4.79 Å². The Labute approximate surface area is 106 Å². The Balaban J connectivity index is 2.03. The van der Waals surface area contributed by atoms with E-state index >= 15 is 0 Å². The second kappa shape index (κ2) is 5.60. The predicted molar refractivity (Wildman–Crippen MR) is 69.3 cm³/mol. The van der Waals surface area contributed by atoms with Crippen molar-refractivity contribution in [1.29, 1.82) is 0 Å². The smallest absolute Gasteiger partial charge is 0.273 e. The van der Waals surface area contributed by atoms with Gasteiger partial charge in [-0.3, -0.25) is 4.79 Å². The minimum Gasteiger partial charge on any atom is -0.333 e. The van der Waals surface area contributed by atoms with E-state index in [0.29, 0.717) is 11.7 Å². The van der Waals surface area contributed by atoms with E-state index in [2.05, 4.69) is 24.1 Å². The zero-order chi connectivity index (χ0) is 12.3. The minimum atomic E-state index is 0.0509. The van der Waals surface area contributed by atoms with Gasteiger partial charge in [0.1, 0.15) is 5.69 Å². The van der Waals surface area contributed by atoms with E-state index in [1.54, 1.807) is 5.51 Å². The van der Waals surface area contributed by atoms with E-state index in [-0.39, 0.29) is 11.9 Å². The maximum Gasteiger partial charge on any atom is 0.273 e. The highest BCUT2D eigenvalue weighted by Crippen LogP contribution is 2.13. The number of carbonyl (C=O) groups excluding carboxylic acids is 1. The van der Waals surface area contributed by atoms with Crippen LogP contribution >= 0.6 is 11.3 Å². The van der Waals surface area contributed by atoms with E-state index in [4.69, 9.17) is 0 Å². The molecule has 1 aromatic heterocycles. The van der Waals surface area contributed by atoms with Crippen molar-refractivity contribution in [2.24, 2.45) is 0 Å². The minimum absolute atomic E-state index is 0.0509. The van der Waals surface area contributed by atoms with Crippen LogP contribution in [0.15, 0.2) is 10.9 Å². The van der Waals surface area contributed by atoms with Gasteiger partial charge in [0.15, 0.2) is 0 Å². The third-order valence-electron chi connectivity index (χ3n) is 3.12. The zero-order valence-electron chi connectivity index (χ0n) is 10.3. The molecule has 1 aromatic rings. The van der Waals surface area contributed by atoms with Gasteiger partial charge in [-0.1, -0.05) is 0 Å². The first-order valence-corrected chi connectivity index (χ1v) is 7.05. The molecule has 1 fully saturated rings. The average Bonchev–Trinajstić information content (AvgIpc) is 2.97. The van der Waals surface area contributed by atoms with Crippen LogP contribution in [0.2, 0.25) is 0 Å². The lowest BCUT2D eigenvalue weighted by Crippen LogP contribution is -2.44. The van der Waals surface area contributed by atoms with Crippen molar-refractivity contribution in [3.8, 4) is 0 Å². The molecule has 0 saturated carbocycles. The number of carbonyl (C=O) groups is 1. The molecule has 1 aliphatic heterocycles. The Morgan fingerprint density at radius 1 is 1.71 bits per heavy atom. The van der Waals surface area contributed by atoms with Crippen molar-refractivity contribution in [2.45, 2.75) is 38.8 Å². The maximum atomic E-state index is 12.3. The second-order valence-electron chi connectivity index (χ2n) is 4.72. The molecule has 5 heteroatoms. The number of aromatic nitrogens is 1. The zero-order valence-corrected chi connectivity index (χ0v) is 11.2. The maximum absolute atomic E-state index is 12.3. The first-order valence-electron chi connectivity index (χ1n) is 6.11. The number of hydrogen-bond donors (Lipinski definition) is 1. The normalized spacial score (nSPS) is 19.8. The van der Waals surface area contributed by atoms with Crippen LogP contribution in [-0.4, -0.2) is 41.0 Å². The fourth-order valence-corrected chi connectivity index (χ4v) is 2.67. The molecular formula is C12H19N3OS. The van der Waals surface area contributed by atoms with Crippen LogP contribution < -0.4 is 5.32 Å². The first kappa shape index (κ1) is 12.5. The van der Waals surface area contributed by atoms with Gasteiger partial charge < -0.3 is 10.2 Å². The van der Waals surface area contributed by atoms with Crippen LogP contribution in [0.5, 0.6) is 0 Å². The standard InChI is InChI=1S/C12H19N3OS/c1-9(2)15(6-10-4-3-5-13-10)12(16)11-7-17-8-14-11/h7-10,13H,3-6H2,1-2H3. The molecule has 1 aliphatic rings. The lowest BCUT2D eigenvalue weighted by molar-refractivity contribution is 0.0684. The van der Waals surface area contributed by atoms with Gasteiger partial charge in [0.25, 0.3) is 5.91 Å². The summed E-state index contributed by atoms with van der Waals surface area (Å²) in [5.41, 5.74) is 2.28. The van der Waals surface area contributed by atoms with E-state index < -0.39 is 0 Å². The van der Waals surface area contributed by atoms with E-state index in [1.165, 1.54) is 17.8 Å². The molecule has 94 valence electrons. The fraction of sp³-hybridized carbons (Fsp3) is 0.667. The van der Waals surface area contributed by atoms with Crippen LogP contribution in [0, 0.1) is 0 Å². The molecule has 1 atom stereocenters. The predicted octanol–water partition coefficient (Wildman–Crippen LogP) is 1.75. The topological polar surface area (TPSA) is 45.2 Å². The highest BCUT2D eigenvalue weighted by Gasteiger charge is 2.25. The Kier molecular flexibility index (Phi) is 4.12. The van der Waals surface area contributed by atoms with Gasteiger partial charge in [-0.05, 0) is 33.2 Å². The summed E-state index contributed by atoms with van der Waals surface area (Å²) in [7, 11) is 0. The third-order valence-corrected chi connectivity index (χ3v) is 3.70. The summed E-state index contributed by atoms with van der Waals surface area (Å²) in [6, 6.07) is 0.659. The van der Waals surface area contributed by atoms with Gasteiger partial charge in [0, 0.05) is 24.0 Å². The van der Waals surface area contributed by atoms with Crippen LogP contribution in [-0.2, 0) is 0 Å². The Hall–Kier alpha value is -0.940. The van der Waals surface area contributed by atoms with Crippen molar-refractivity contribution in [1.82, 2.24) is 15.2 Å². The summed E-state index contributed by atoms with van der Waals surface area (Å²) in [6.45, 7) is 5.97. The summed E-state index contributed by atoms with van der Waals surface area (Å²) in [6.07, 6.45) is 2.37. The van der Waals surface area contributed by atoms with Gasteiger partial charge in [0.05, 0.1) is 5.51 Å². The molecule has 0 radical (unpaired) electrons. The summed E-state index contributed by atoms with van der Waals surface area (Å²) in [4.78, 5) is 18.3.